The Hall–Kier alpha value is -1.85. The molecule has 0 unspecified atom stereocenters. The summed E-state index contributed by atoms with van der Waals surface area (Å²) >= 11 is 0. The number of alkyl halides is 3. The molecular formula is C16H17F3N2O. The van der Waals surface area contributed by atoms with Crippen molar-refractivity contribution in [3.63, 3.8) is 0 Å². The molecule has 3 nitrogen and oxygen atoms in total. The van der Waals surface area contributed by atoms with Crippen LogP contribution in [0.3, 0.4) is 0 Å². The fourth-order valence-electron chi connectivity index (χ4n) is 3.35. The van der Waals surface area contributed by atoms with Gasteiger partial charge in [0.25, 0.3) is 0 Å². The molecule has 1 aliphatic heterocycles. The van der Waals surface area contributed by atoms with E-state index >= 15 is 0 Å². The number of carbonyl (C=O) groups excluding carboxylic acids is 1. The molecule has 0 aromatic heterocycles. The molecule has 0 radical (unpaired) electrons. The topological polar surface area (TPSA) is 41.5 Å². The van der Waals surface area contributed by atoms with Gasteiger partial charge in [0.15, 0.2) is 0 Å². The maximum atomic E-state index is 12.6. The number of carbonyl (C=O) groups is 1. The highest BCUT2D eigenvalue weighted by molar-refractivity contribution is 6.15. The van der Waals surface area contributed by atoms with Gasteiger partial charge in [0.05, 0.1) is 23.2 Å². The molecule has 0 bridgehead atoms. The quantitative estimate of drug-likeness (QED) is 0.864. The van der Waals surface area contributed by atoms with Crippen molar-refractivity contribution in [2.75, 3.05) is 0 Å². The predicted octanol–water partition coefficient (Wildman–Crippen LogP) is 3.39. The minimum absolute atomic E-state index is 0.0615. The third-order valence-corrected chi connectivity index (χ3v) is 4.33. The second-order valence-electron chi connectivity index (χ2n) is 6.80. The van der Waals surface area contributed by atoms with Crippen molar-refractivity contribution in [2.45, 2.75) is 38.9 Å². The zero-order valence-electron chi connectivity index (χ0n) is 12.4. The van der Waals surface area contributed by atoms with Crippen LogP contribution in [0.5, 0.6) is 0 Å². The van der Waals surface area contributed by atoms with Gasteiger partial charge in [-0.3, -0.25) is 4.79 Å². The largest absolute Gasteiger partial charge is 0.416 e. The molecule has 0 saturated heterocycles. The Kier molecular flexibility index (Phi) is 3.30. The summed E-state index contributed by atoms with van der Waals surface area (Å²) in [6, 6.07) is 4.77. The maximum absolute atomic E-state index is 12.6. The van der Waals surface area contributed by atoms with E-state index in [4.69, 9.17) is 0 Å². The molecule has 1 aromatic rings. The van der Waals surface area contributed by atoms with E-state index in [1.54, 1.807) is 0 Å². The molecule has 1 fully saturated rings. The van der Waals surface area contributed by atoms with Crippen LogP contribution in [0.2, 0.25) is 0 Å². The number of nitrogens with zero attached hydrogens (tertiary/aromatic N) is 1. The van der Waals surface area contributed by atoms with Gasteiger partial charge in [-0.15, -0.1) is 0 Å². The molecule has 1 aliphatic carbocycles. The molecule has 1 heterocycles. The first kappa shape index (κ1) is 15.1. The van der Waals surface area contributed by atoms with Crippen molar-refractivity contribution >= 4 is 11.5 Å². The van der Waals surface area contributed by atoms with Crippen LogP contribution >= 0.6 is 0 Å². The van der Waals surface area contributed by atoms with E-state index in [0.717, 1.165) is 18.6 Å². The summed E-state index contributed by atoms with van der Waals surface area (Å²) < 4.78 is 37.8. The van der Waals surface area contributed by atoms with Gasteiger partial charge in [0.2, 0.25) is 0 Å². The van der Waals surface area contributed by atoms with Crippen molar-refractivity contribution in [3.05, 3.63) is 35.4 Å². The molecule has 6 heteroatoms. The number of ketones is 1. The van der Waals surface area contributed by atoms with Gasteiger partial charge in [-0.1, -0.05) is 26.0 Å². The predicted molar refractivity (Wildman–Crippen MR) is 76.4 cm³/mol. The van der Waals surface area contributed by atoms with Gasteiger partial charge in [0.1, 0.15) is 5.78 Å². The van der Waals surface area contributed by atoms with Crippen LogP contribution in [0.25, 0.3) is 0 Å². The van der Waals surface area contributed by atoms with Gasteiger partial charge in [-0.2, -0.15) is 18.3 Å². The van der Waals surface area contributed by atoms with Gasteiger partial charge >= 0.3 is 6.18 Å². The zero-order chi connectivity index (χ0) is 16.1. The maximum Gasteiger partial charge on any atom is 0.416 e. The van der Waals surface area contributed by atoms with Gasteiger partial charge in [-0.05, 0) is 29.5 Å². The van der Waals surface area contributed by atoms with Gasteiger partial charge in [-0.25, -0.2) is 0 Å². The number of Topliss-reactive ketones (excluding diaryl/α,β-unsaturated/α-hetero) is 1. The monoisotopic (exact) mass is 310 g/mol. The SMILES string of the molecule is CC1(C)CC(=O)[C@H]2C(c3ccc(C(F)(F)F)cc3)=NN[C@@H]2C1. The number of rotatable bonds is 1. The highest BCUT2D eigenvalue weighted by atomic mass is 19.4. The van der Waals surface area contributed by atoms with Crippen LogP contribution in [0.1, 0.15) is 37.8 Å². The molecule has 118 valence electrons. The lowest BCUT2D eigenvalue weighted by Crippen LogP contribution is -2.45. The highest BCUT2D eigenvalue weighted by Gasteiger charge is 2.46. The van der Waals surface area contributed by atoms with Gasteiger partial charge in [0, 0.05) is 6.42 Å². The smallest absolute Gasteiger partial charge is 0.306 e. The first-order valence-electron chi connectivity index (χ1n) is 7.21. The molecule has 1 aromatic carbocycles. The molecule has 1 saturated carbocycles. The molecule has 1 N–H and O–H groups in total. The number of nitrogens with one attached hydrogen (secondary N) is 1. The second-order valence-corrected chi connectivity index (χ2v) is 6.80. The lowest BCUT2D eigenvalue weighted by molar-refractivity contribution is -0.137. The normalized spacial score (nSPS) is 27.1. The first-order valence-corrected chi connectivity index (χ1v) is 7.21. The summed E-state index contributed by atoms with van der Waals surface area (Å²) in [5.74, 6) is -0.255. The Morgan fingerprint density at radius 2 is 1.86 bits per heavy atom. The minimum Gasteiger partial charge on any atom is -0.306 e. The van der Waals surface area contributed by atoms with Crippen LogP contribution in [0.4, 0.5) is 13.2 Å². The molecule has 22 heavy (non-hydrogen) atoms. The first-order chi connectivity index (χ1) is 10.2. The van der Waals surface area contributed by atoms with Crippen molar-refractivity contribution in [1.29, 1.82) is 0 Å². The van der Waals surface area contributed by atoms with E-state index in [1.165, 1.54) is 12.1 Å². The van der Waals surface area contributed by atoms with Crippen molar-refractivity contribution in [1.82, 2.24) is 5.43 Å². The van der Waals surface area contributed by atoms with Gasteiger partial charge < -0.3 is 5.43 Å². The summed E-state index contributed by atoms with van der Waals surface area (Å²) in [6.07, 6.45) is -3.08. The third kappa shape index (κ3) is 2.62. The van der Waals surface area contributed by atoms with E-state index in [2.05, 4.69) is 10.5 Å². The summed E-state index contributed by atoms with van der Waals surface area (Å²) in [4.78, 5) is 12.4. The Labute approximate surface area is 126 Å². The van der Waals surface area contributed by atoms with Crippen LogP contribution in [-0.2, 0) is 11.0 Å². The number of hydrogen-bond donors (Lipinski definition) is 1. The molecule has 2 atom stereocenters. The van der Waals surface area contributed by atoms with Crippen molar-refractivity contribution < 1.29 is 18.0 Å². The standard InChI is InChI=1S/C16H17F3N2O/c1-15(2)7-11-13(12(22)8-15)14(21-20-11)9-3-5-10(6-4-9)16(17,18)19/h3-6,11,13,20H,7-8H2,1-2H3/t11-,13+/m1/s1. The average Bonchev–Trinajstić information content (AvgIpc) is 2.80. The fourth-order valence-corrected chi connectivity index (χ4v) is 3.35. The molecule has 0 spiro atoms. The number of hydrazone groups is 1. The molecule has 3 rings (SSSR count). The van der Waals surface area contributed by atoms with Crippen LogP contribution in [0, 0.1) is 11.3 Å². The lowest BCUT2D eigenvalue weighted by Gasteiger charge is -2.36. The van der Waals surface area contributed by atoms with Crippen LogP contribution < -0.4 is 5.43 Å². The molecular weight excluding hydrogens is 293 g/mol. The summed E-state index contributed by atoms with van der Waals surface area (Å²) in [7, 11) is 0. The highest BCUT2D eigenvalue weighted by Crippen LogP contribution is 2.39. The summed E-state index contributed by atoms with van der Waals surface area (Å²) in [5.41, 5.74) is 3.34. The Bertz CT molecular complexity index is 632. The molecule has 0 amide bonds. The zero-order valence-corrected chi connectivity index (χ0v) is 12.4. The lowest BCUT2D eigenvalue weighted by atomic mass is 9.68. The number of hydrogen-bond acceptors (Lipinski definition) is 3. The Balaban J connectivity index is 1.86. The van der Waals surface area contributed by atoms with E-state index < -0.39 is 11.7 Å². The average molecular weight is 310 g/mol. The van der Waals surface area contributed by atoms with Crippen molar-refractivity contribution in [3.8, 4) is 0 Å². The van der Waals surface area contributed by atoms with E-state index in [9.17, 15) is 18.0 Å². The third-order valence-electron chi connectivity index (χ3n) is 4.33. The number of benzene rings is 1. The van der Waals surface area contributed by atoms with E-state index in [-0.39, 0.29) is 23.2 Å². The van der Waals surface area contributed by atoms with Crippen molar-refractivity contribution in [2.24, 2.45) is 16.4 Å². The fraction of sp³-hybridized carbons (Fsp3) is 0.500. The number of fused-ring (bicyclic) bond motifs is 1. The summed E-state index contributed by atoms with van der Waals surface area (Å²) in [5, 5.41) is 4.22. The second kappa shape index (κ2) is 4.83. The van der Waals surface area contributed by atoms with Crippen LogP contribution in [0.15, 0.2) is 29.4 Å². The Morgan fingerprint density at radius 1 is 1.23 bits per heavy atom. The summed E-state index contributed by atoms with van der Waals surface area (Å²) in [6.45, 7) is 4.08. The molecule has 2 aliphatic rings. The van der Waals surface area contributed by atoms with Crippen LogP contribution in [-0.4, -0.2) is 17.5 Å². The van der Waals surface area contributed by atoms with E-state index in [1.807, 2.05) is 13.8 Å². The van der Waals surface area contributed by atoms with E-state index in [0.29, 0.717) is 17.7 Å². The minimum atomic E-state index is -4.36. The Morgan fingerprint density at radius 3 is 2.45 bits per heavy atom. The number of halogens is 3.